The Morgan fingerprint density at radius 2 is 1.73 bits per heavy atom. The Balaban J connectivity index is 1.33. The van der Waals surface area contributed by atoms with Crippen molar-refractivity contribution in [2.24, 2.45) is 10.7 Å². The van der Waals surface area contributed by atoms with Crippen molar-refractivity contribution in [3.63, 3.8) is 0 Å². The highest BCUT2D eigenvalue weighted by Crippen LogP contribution is 2.23. The van der Waals surface area contributed by atoms with Crippen LogP contribution in [0.1, 0.15) is 11.5 Å². The molecule has 0 saturated carbocycles. The zero-order chi connectivity index (χ0) is 22.6. The zero-order valence-corrected chi connectivity index (χ0v) is 17.6. The summed E-state index contributed by atoms with van der Waals surface area (Å²) < 4.78 is 5.86. The Hall–Kier alpha value is -4.72. The van der Waals surface area contributed by atoms with Gasteiger partial charge in [-0.05, 0) is 35.9 Å². The number of para-hydroxylation sites is 1. The van der Waals surface area contributed by atoms with Crippen LogP contribution in [-0.4, -0.2) is 21.1 Å². The molecule has 0 spiro atoms. The smallest absolute Gasteiger partial charge is 0.199 e. The lowest BCUT2D eigenvalue weighted by Gasteiger charge is -2.10. The van der Waals surface area contributed by atoms with Gasteiger partial charge in [0, 0.05) is 23.0 Å². The molecule has 2 aromatic heterocycles. The number of anilines is 2. The fourth-order valence-corrected chi connectivity index (χ4v) is 3.46. The van der Waals surface area contributed by atoms with Crippen molar-refractivity contribution in [3.8, 4) is 11.3 Å². The van der Waals surface area contributed by atoms with E-state index in [1.165, 1.54) is 0 Å². The molecule has 0 bridgehead atoms. The molecule has 0 saturated heterocycles. The summed E-state index contributed by atoms with van der Waals surface area (Å²) in [5, 5.41) is 11.5. The van der Waals surface area contributed by atoms with E-state index in [4.69, 9.17) is 15.9 Å². The molecule has 162 valence electrons. The molecule has 0 unspecified atom stereocenters. The Labute approximate surface area is 190 Å². The minimum Gasteiger partial charge on any atom is -0.440 e. The van der Waals surface area contributed by atoms with Gasteiger partial charge in [0.25, 0.3) is 0 Å². The molecule has 0 atom stereocenters. The second-order valence-electron chi connectivity index (χ2n) is 7.43. The molecular weight excluding hydrogens is 414 g/mol. The van der Waals surface area contributed by atoms with E-state index < -0.39 is 0 Å². The van der Waals surface area contributed by atoms with Crippen LogP contribution in [0.25, 0.3) is 22.4 Å². The van der Waals surface area contributed by atoms with Crippen molar-refractivity contribution >= 4 is 34.3 Å². The molecule has 0 radical (unpaired) electrons. The van der Waals surface area contributed by atoms with E-state index in [-0.39, 0.29) is 5.96 Å². The Kier molecular flexibility index (Phi) is 5.38. The number of nitrogens with two attached hydrogens (primary N) is 2. The number of oxazole rings is 1. The van der Waals surface area contributed by atoms with Gasteiger partial charge in [0.05, 0.1) is 12.1 Å². The number of nitrogens with one attached hydrogen (secondary N) is 1. The summed E-state index contributed by atoms with van der Waals surface area (Å²) in [6, 6.07) is 26.6. The van der Waals surface area contributed by atoms with E-state index in [1.807, 2.05) is 66.7 Å². The third-order valence-electron chi connectivity index (χ3n) is 5.03. The number of hydrogen-bond acceptors (Lipinski definition) is 6. The van der Waals surface area contributed by atoms with Gasteiger partial charge in [0.2, 0.25) is 0 Å². The summed E-state index contributed by atoms with van der Waals surface area (Å²) in [5.41, 5.74) is 17.6. The quantitative estimate of drug-likeness (QED) is 0.210. The highest BCUT2D eigenvalue weighted by Gasteiger charge is 2.11. The second kappa shape index (κ2) is 8.80. The van der Waals surface area contributed by atoms with Crippen LogP contribution >= 0.6 is 0 Å². The normalized spacial score (nSPS) is 11.6. The van der Waals surface area contributed by atoms with E-state index >= 15 is 0 Å². The molecule has 5 rings (SSSR count). The summed E-state index contributed by atoms with van der Waals surface area (Å²) in [5.74, 6) is 1.20. The van der Waals surface area contributed by atoms with E-state index in [1.54, 1.807) is 18.2 Å². The van der Waals surface area contributed by atoms with Crippen LogP contribution < -0.4 is 16.8 Å². The Bertz CT molecular complexity index is 1430. The Morgan fingerprint density at radius 3 is 2.55 bits per heavy atom. The molecule has 0 fully saturated rings. The van der Waals surface area contributed by atoms with Crippen LogP contribution in [0.5, 0.6) is 0 Å². The van der Waals surface area contributed by atoms with Crippen LogP contribution in [0.2, 0.25) is 0 Å². The van der Waals surface area contributed by atoms with Gasteiger partial charge in [-0.3, -0.25) is 0 Å². The predicted octanol–water partition coefficient (Wildman–Crippen LogP) is 4.52. The molecule has 0 aliphatic rings. The third kappa shape index (κ3) is 4.64. The number of guanidine groups is 1. The minimum atomic E-state index is 0.203. The molecule has 0 aliphatic heterocycles. The Morgan fingerprint density at radius 1 is 0.909 bits per heavy atom. The molecule has 33 heavy (non-hydrogen) atoms. The molecule has 3 aromatic carbocycles. The van der Waals surface area contributed by atoms with Crippen LogP contribution in [0.4, 0.5) is 17.2 Å². The fourth-order valence-electron chi connectivity index (χ4n) is 3.46. The van der Waals surface area contributed by atoms with Crippen molar-refractivity contribution in [1.29, 1.82) is 0 Å². The number of fused-ring (bicyclic) bond motifs is 1. The molecule has 0 aliphatic carbocycles. The summed E-state index contributed by atoms with van der Waals surface area (Å²) in [4.78, 5) is 8.88. The number of benzene rings is 3. The summed E-state index contributed by atoms with van der Waals surface area (Å²) in [6.45, 7) is 0. The zero-order valence-electron chi connectivity index (χ0n) is 17.6. The van der Waals surface area contributed by atoms with Crippen molar-refractivity contribution in [2.45, 2.75) is 6.42 Å². The maximum absolute atomic E-state index is 6.15. The number of rotatable bonds is 5. The molecule has 0 amide bonds. The van der Waals surface area contributed by atoms with Crippen LogP contribution in [-0.2, 0) is 6.42 Å². The average Bonchev–Trinajstić information content (AvgIpc) is 3.23. The summed E-state index contributed by atoms with van der Waals surface area (Å²) in [6.07, 6.45) is 0.483. The second-order valence-corrected chi connectivity index (χ2v) is 7.43. The molecule has 5 N–H and O–H groups in total. The number of hydrogen-bond donors (Lipinski definition) is 3. The predicted molar refractivity (Wildman–Crippen MR) is 130 cm³/mol. The minimum absolute atomic E-state index is 0.203. The number of nitrogen functional groups attached to an aromatic ring is 1. The fraction of sp³-hybridized carbons (Fsp3) is 0.0400. The molecule has 5 aromatic rings. The molecule has 8 nitrogen and oxygen atoms in total. The lowest BCUT2D eigenvalue weighted by atomic mass is 10.1. The van der Waals surface area contributed by atoms with Crippen molar-refractivity contribution in [2.75, 3.05) is 11.1 Å². The van der Waals surface area contributed by atoms with Crippen LogP contribution in [0, 0.1) is 0 Å². The van der Waals surface area contributed by atoms with Crippen LogP contribution in [0.15, 0.2) is 94.3 Å². The van der Waals surface area contributed by atoms with Gasteiger partial charge in [-0.15, -0.1) is 10.2 Å². The van der Waals surface area contributed by atoms with Crippen molar-refractivity contribution < 1.29 is 4.42 Å². The molecule has 2 heterocycles. The molecule has 8 heteroatoms. The highest BCUT2D eigenvalue weighted by molar-refractivity contribution is 5.94. The highest BCUT2D eigenvalue weighted by atomic mass is 16.3. The lowest BCUT2D eigenvalue weighted by Crippen LogP contribution is -2.23. The maximum atomic E-state index is 6.15. The van der Waals surface area contributed by atoms with Gasteiger partial charge >= 0.3 is 0 Å². The average molecular weight is 435 g/mol. The van der Waals surface area contributed by atoms with Crippen molar-refractivity contribution in [1.82, 2.24) is 15.2 Å². The van der Waals surface area contributed by atoms with Gasteiger partial charge in [0.15, 0.2) is 23.3 Å². The SMILES string of the molecule is NC(=Nc1ccc(-c2ccccc2)nn1)Nc1ccccc1Cc1nc2ccc(N)cc2o1. The van der Waals surface area contributed by atoms with Gasteiger partial charge in [-0.25, -0.2) is 4.98 Å². The third-order valence-corrected chi connectivity index (χ3v) is 5.03. The lowest BCUT2D eigenvalue weighted by molar-refractivity contribution is 0.544. The standard InChI is InChI=1S/C25H21N7O/c26-18-10-11-21-22(15-18)33-24(28-21)14-17-8-4-5-9-19(17)29-25(27)30-23-13-12-20(31-32-23)16-6-2-1-3-7-16/h1-13,15H,14,26H2,(H3,27,29,30,32). The number of nitrogens with zero attached hydrogens (tertiary/aromatic N) is 4. The maximum Gasteiger partial charge on any atom is 0.199 e. The van der Waals surface area contributed by atoms with Crippen molar-refractivity contribution in [3.05, 3.63) is 96.4 Å². The summed E-state index contributed by atoms with van der Waals surface area (Å²) in [7, 11) is 0. The van der Waals surface area contributed by atoms with Gasteiger partial charge in [-0.1, -0.05) is 48.5 Å². The van der Waals surface area contributed by atoms with Gasteiger partial charge in [-0.2, -0.15) is 4.99 Å². The first kappa shape index (κ1) is 20.2. The van der Waals surface area contributed by atoms with E-state index in [0.29, 0.717) is 29.4 Å². The van der Waals surface area contributed by atoms with E-state index in [9.17, 15) is 0 Å². The largest absolute Gasteiger partial charge is 0.440 e. The number of aromatic nitrogens is 3. The first-order chi connectivity index (χ1) is 16.1. The summed E-state index contributed by atoms with van der Waals surface area (Å²) >= 11 is 0. The monoisotopic (exact) mass is 435 g/mol. The first-order valence-electron chi connectivity index (χ1n) is 10.4. The van der Waals surface area contributed by atoms with Crippen LogP contribution in [0.3, 0.4) is 0 Å². The first-order valence-corrected chi connectivity index (χ1v) is 10.4. The topological polar surface area (TPSA) is 128 Å². The van der Waals surface area contributed by atoms with E-state index in [0.717, 1.165) is 28.0 Å². The van der Waals surface area contributed by atoms with Gasteiger partial charge < -0.3 is 21.2 Å². The number of aliphatic imine (C=N–C) groups is 1. The molecular formula is C25H21N7O. The van der Waals surface area contributed by atoms with Gasteiger partial charge in [0.1, 0.15) is 5.52 Å². The van der Waals surface area contributed by atoms with E-state index in [2.05, 4.69) is 25.5 Å².